The van der Waals surface area contributed by atoms with Gasteiger partial charge in [0.25, 0.3) is 0 Å². The second-order valence-corrected chi connectivity index (χ2v) is 7.12. The van der Waals surface area contributed by atoms with Crippen molar-refractivity contribution in [3.63, 3.8) is 0 Å². The van der Waals surface area contributed by atoms with Gasteiger partial charge in [-0.05, 0) is 31.4 Å². The monoisotopic (exact) mass is 296 g/mol. The molecule has 0 radical (unpaired) electrons. The van der Waals surface area contributed by atoms with Crippen molar-refractivity contribution in [2.24, 2.45) is 0 Å². The Morgan fingerprint density at radius 2 is 2.05 bits per heavy atom. The van der Waals surface area contributed by atoms with Crippen molar-refractivity contribution in [3.8, 4) is 0 Å². The average molecular weight is 296 g/mol. The molecule has 6 heteroatoms. The number of hydrogen-bond donors (Lipinski definition) is 1. The zero-order valence-electron chi connectivity index (χ0n) is 11.6. The number of aryl methyl sites for hydroxylation is 1. The Morgan fingerprint density at radius 3 is 2.75 bits per heavy atom. The van der Waals surface area contributed by atoms with E-state index in [1.807, 2.05) is 31.2 Å². The Morgan fingerprint density at radius 1 is 1.30 bits per heavy atom. The maximum absolute atomic E-state index is 11.9. The Labute approximate surface area is 120 Å². The fourth-order valence-corrected chi connectivity index (χ4v) is 3.85. The second-order valence-electron chi connectivity index (χ2n) is 5.04. The number of carbonyl (C=O) groups is 1. The van der Waals surface area contributed by atoms with Crippen LogP contribution in [0.3, 0.4) is 0 Å². The van der Waals surface area contributed by atoms with Gasteiger partial charge in [-0.1, -0.05) is 18.2 Å². The molecule has 1 aliphatic heterocycles. The van der Waals surface area contributed by atoms with Crippen LogP contribution in [-0.2, 0) is 14.8 Å². The highest BCUT2D eigenvalue weighted by molar-refractivity contribution is 7.89. The molecule has 0 spiro atoms. The average Bonchev–Trinajstić information content (AvgIpc) is 2.40. The van der Waals surface area contributed by atoms with Crippen molar-refractivity contribution in [1.29, 1.82) is 0 Å². The lowest BCUT2D eigenvalue weighted by molar-refractivity contribution is -0.116. The first-order valence-electron chi connectivity index (χ1n) is 6.82. The largest absolute Gasteiger partial charge is 0.326 e. The number of hydrogen-bond acceptors (Lipinski definition) is 3. The lowest BCUT2D eigenvalue weighted by Gasteiger charge is -2.25. The normalized spacial score (nSPS) is 18.6. The van der Waals surface area contributed by atoms with E-state index >= 15 is 0 Å². The van der Waals surface area contributed by atoms with E-state index in [1.54, 1.807) is 0 Å². The molecule has 0 saturated carbocycles. The molecule has 1 aliphatic rings. The standard InChI is InChI=1S/C14H20N2O3S/c1-12-6-2-3-7-13(12)15-14(17)8-10-16-9-4-5-11-20(16,18)19/h2-3,6-7H,4-5,8-11H2,1H3,(H,15,17). The zero-order valence-corrected chi connectivity index (χ0v) is 12.4. The Bertz CT molecular complexity index is 584. The third-order valence-electron chi connectivity index (χ3n) is 3.46. The van der Waals surface area contributed by atoms with Gasteiger partial charge in [-0.15, -0.1) is 0 Å². The molecule has 2 rings (SSSR count). The molecular formula is C14H20N2O3S. The van der Waals surface area contributed by atoms with Gasteiger partial charge in [-0.2, -0.15) is 0 Å². The van der Waals surface area contributed by atoms with Crippen molar-refractivity contribution < 1.29 is 13.2 Å². The Hall–Kier alpha value is -1.40. The van der Waals surface area contributed by atoms with Crippen molar-refractivity contribution in [1.82, 2.24) is 4.31 Å². The third-order valence-corrected chi connectivity index (χ3v) is 5.42. The lowest BCUT2D eigenvalue weighted by Crippen LogP contribution is -2.39. The molecule has 20 heavy (non-hydrogen) atoms. The highest BCUT2D eigenvalue weighted by atomic mass is 32.2. The Kier molecular flexibility index (Phi) is 4.77. The number of para-hydroxylation sites is 1. The molecule has 1 aromatic carbocycles. The molecule has 1 N–H and O–H groups in total. The van der Waals surface area contributed by atoms with Crippen molar-refractivity contribution in [2.75, 3.05) is 24.2 Å². The summed E-state index contributed by atoms with van der Waals surface area (Å²) in [5.41, 5.74) is 1.77. The topological polar surface area (TPSA) is 66.5 Å². The summed E-state index contributed by atoms with van der Waals surface area (Å²) in [6.07, 6.45) is 1.78. The van der Waals surface area contributed by atoms with Gasteiger partial charge >= 0.3 is 0 Å². The molecule has 1 heterocycles. The minimum atomic E-state index is -3.15. The van der Waals surface area contributed by atoms with Gasteiger partial charge in [0.1, 0.15) is 0 Å². The van der Waals surface area contributed by atoms with Crippen molar-refractivity contribution in [2.45, 2.75) is 26.2 Å². The van der Waals surface area contributed by atoms with Crippen LogP contribution < -0.4 is 5.32 Å². The van der Waals surface area contributed by atoms with Crippen LogP contribution in [0, 0.1) is 6.92 Å². The van der Waals surface area contributed by atoms with Crippen LogP contribution in [0.5, 0.6) is 0 Å². The fraction of sp³-hybridized carbons (Fsp3) is 0.500. The first-order chi connectivity index (χ1) is 9.49. The molecule has 110 valence electrons. The van der Waals surface area contributed by atoms with E-state index in [-0.39, 0.29) is 24.6 Å². The van der Waals surface area contributed by atoms with E-state index in [0.29, 0.717) is 13.0 Å². The zero-order chi connectivity index (χ0) is 14.6. The number of nitrogens with one attached hydrogen (secondary N) is 1. The van der Waals surface area contributed by atoms with Crippen LogP contribution in [0.2, 0.25) is 0 Å². The molecule has 0 atom stereocenters. The maximum atomic E-state index is 11.9. The molecule has 5 nitrogen and oxygen atoms in total. The van der Waals surface area contributed by atoms with E-state index in [4.69, 9.17) is 0 Å². The molecule has 0 unspecified atom stereocenters. The first-order valence-corrected chi connectivity index (χ1v) is 8.43. The molecule has 1 fully saturated rings. The van der Waals surface area contributed by atoms with Gasteiger partial charge < -0.3 is 5.32 Å². The molecule has 0 aliphatic carbocycles. The minimum Gasteiger partial charge on any atom is -0.326 e. The predicted octanol–water partition coefficient (Wildman–Crippen LogP) is 1.75. The number of nitrogens with zero attached hydrogens (tertiary/aromatic N) is 1. The van der Waals surface area contributed by atoms with E-state index < -0.39 is 10.0 Å². The maximum Gasteiger partial charge on any atom is 0.225 e. The summed E-state index contributed by atoms with van der Waals surface area (Å²) in [5, 5.41) is 2.82. The van der Waals surface area contributed by atoms with Crippen LogP contribution >= 0.6 is 0 Å². The number of anilines is 1. The van der Waals surface area contributed by atoms with Crippen molar-refractivity contribution >= 4 is 21.6 Å². The SMILES string of the molecule is Cc1ccccc1NC(=O)CCN1CCCCS1(=O)=O. The summed E-state index contributed by atoms with van der Waals surface area (Å²) in [6, 6.07) is 7.53. The summed E-state index contributed by atoms with van der Waals surface area (Å²) in [7, 11) is -3.15. The van der Waals surface area contributed by atoms with Crippen LogP contribution in [0.1, 0.15) is 24.8 Å². The third kappa shape index (κ3) is 3.80. The van der Waals surface area contributed by atoms with Gasteiger partial charge in [-0.3, -0.25) is 4.79 Å². The summed E-state index contributed by atoms with van der Waals surface area (Å²) in [6.45, 7) is 2.71. The number of carbonyl (C=O) groups excluding carboxylic acids is 1. The van der Waals surface area contributed by atoms with E-state index in [9.17, 15) is 13.2 Å². The lowest BCUT2D eigenvalue weighted by atomic mass is 10.2. The molecule has 1 aromatic rings. The molecule has 1 amide bonds. The van der Waals surface area contributed by atoms with Gasteiger partial charge in [-0.25, -0.2) is 12.7 Å². The van der Waals surface area contributed by atoms with E-state index in [2.05, 4.69) is 5.32 Å². The number of amides is 1. The molecular weight excluding hydrogens is 276 g/mol. The smallest absolute Gasteiger partial charge is 0.225 e. The summed E-state index contributed by atoms with van der Waals surface area (Å²) in [4.78, 5) is 11.9. The number of sulfonamides is 1. The van der Waals surface area contributed by atoms with Crippen LogP contribution in [0.15, 0.2) is 24.3 Å². The fourth-order valence-electron chi connectivity index (χ4n) is 2.24. The van der Waals surface area contributed by atoms with Gasteiger partial charge in [0, 0.05) is 25.2 Å². The van der Waals surface area contributed by atoms with Crippen molar-refractivity contribution in [3.05, 3.63) is 29.8 Å². The summed E-state index contributed by atoms with van der Waals surface area (Å²) < 4.78 is 25.0. The highest BCUT2D eigenvalue weighted by Gasteiger charge is 2.25. The molecule has 0 aromatic heterocycles. The van der Waals surface area contributed by atoms with Crippen LogP contribution in [-0.4, -0.2) is 37.5 Å². The van der Waals surface area contributed by atoms with E-state index in [1.165, 1.54) is 4.31 Å². The summed E-state index contributed by atoms with van der Waals surface area (Å²) >= 11 is 0. The van der Waals surface area contributed by atoms with Gasteiger partial charge in [0.05, 0.1) is 5.75 Å². The van der Waals surface area contributed by atoms with Crippen LogP contribution in [0.25, 0.3) is 0 Å². The predicted molar refractivity (Wildman–Crippen MR) is 79.0 cm³/mol. The van der Waals surface area contributed by atoms with Gasteiger partial charge in [0.2, 0.25) is 15.9 Å². The summed E-state index contributed by atoms with van der Waals surface area (Å²) in [5.74, 6) is 0.0481. The molecule has 1 saturated heterocycles. The minimum absolute atomic E-state index is 0.153. The number of benzene rings is 1. The number of rotatable bonds is 4. The van der Waals surface area contributed by atoms with Gasteiger partial charge in [0.15, 0.2) is 0 Å². The Balaban J connectivity index is 1.88. The van der Waals surface area contributed by atoms with E-state index in [0.717, 1.165) is 17.7 Å². The second kappa shape index (κ2) is 6.37. The van der Waals surface area contributed by atoms with Crippen LogP contribution in [0.4, 0.5) is 5.69 Å². The molecule has 0 bridgehead atoms. The highest BCUT2D eigenvalue weighted by Crippen LogP contribution is 2.15. The first kappa shape index (κ1) is 15.0. The quantitative estimate of drug-likeness (QED) is 0.920.